The Bertz CT molecular complexity index is 567. The zero-order valence-corrected chi connectivity index (χ0v) is 12.0. The minimum atomic E-state index is -3.69. The standard InChI is InChI=1S/C11H14ClNO5S/c1-3-19(17,18)11(2,12)10(14)8-4-6-9(7-5-8)13(15)16/h4-7,10,14H,3H2,1-2H3/t10-,11-/m1/s1. The Kier molecular flexibility index (Phi) is 4.54. The molecule has 0 aliphatic heterocycles. The van der Waals surface area contributed by atoms with Crippen molar-refractivity contribution in [3.63, 3.8) is 0 Å². The molecule has 0 spiro atoms. The van der Waals surface area contributed by atoms with Gasteiger partial charge in [0.2, 0.25) is 0 Å². The van der Waals surface area contributed by atoms with Gasteiger partial charge in [-0.05, 0) is 24.6 Å². The largest absolute Gasteiger partial charge is 0.385 e. The van der Waals surface area contributed by atoms with Gasteiger partial charge in [-0.25, -0.2) is 8.42 Å². The van der Waals surface area contributed by atoms with Crippen molar-refractivity contribution in [1.82, 2.24) is 0 Å². The molecule has 0 radical (unpaired) electrons. The Morgan fingerprint density at radius 2 is 1.89 bits per heavy atom. The average Bonchev–Trinajstić information content (AvgIpc) is 2.37. The number of sulfone groups is 1. The van der Waals surface area contributed by atoms with Crippen LogP contribution in [0.2, 0.25) is 0 Å². The van der Waals surface area contributed by atoms with Crippen LogP contribution in [0.25, 0.3) is 0 Å². The van der Waals surface area contributed by atoms with Crippen molar-refractivity contribution in [2.75, 3.05) is 5.75 Å². The van der Waals surface area contributed by atoms with Gasteiger partial charge in [-0.3, -0.25) is 10.1 Å². The average molecular weight is 308 g/mol. The molecule has 0 heterocycles. The van der Waals surface area contributed by atoms with Gasteiger partial charge in [0.1, 0.15) is 6.10 Å². The van der Waals surface area contributed by atoms with Gasteiger partial charge in [-0.15, -0.1) is 0 Å². The maximum Gasteiger partial charge on any atom is 0.269 e. The molecule has 106 valence electrons. The summed E-state index contributed by atoms with van der Waals surface area (Å²) in [4.78, 5) is 9.92. The fraction of sp³-hybridized carbons (Fsp3) is 0.455. The summed E-state index contributed by atoms with van der Waals surface area (Å²) >= 11 is 5.94. The van der Waals surface area contributed by atoms with E-state index in [1.807, 2.05) is 0 Å². The van der Waals surface area contributed by atoms with Crippen LogP contribution in [0, 0.1) is 10.1 Å². The van der Waals surface area contributed by atoms with Crippen molar-refractivity contribution < 1.29 is 18.4 Å². The summed E-state index contributed by atoms with van der Waals surface area (Å²) in [5, 5.41) is 20.6. The topological polar surface area (TPSA) is 97.5 Å². The lowest BCUT2D eigenvalue weighted by atomic mass is 10.1. The van der Waals surface area contributed by atoms with Crippen molar-refractivity contribution in [3.8, 4) is 0 Å². The maximum atomic E-state index is 11.8. The third-order valence-electron chi connectivity index (χ3n) is 2.90. The number of nitro benzene ring substituents is 1. The molecule has 1 aromatic rings. The Morgan fingerprint density at radius 1 is 1.42 bits per heavy atom. The predicted molar refractivity (Wildman–Crippen MR) is 71.8 cm³/mol. The molecule has 19 heavy (non-hydrogen) atoms. The van der Waals surface area contributed by atoms with Crippen LogP contribution in [0.3, 0.4) is 0 Å². The third-order valence-corrected chi connectivity index (χ3v) is 6.01. The van der Waals surface area contributed by atoms with Crippen LogP contribution >= 0.6 is 11.6 Å². The quantitative estimate of drug-likeness (QED) is 0.510. The van der Waals surface area contributed by atoms with Crippen LogP contribution in [0.1, 0.15) is 25.5 Å². The molecule has 0 unspecified atom stereocenters. The van der Waals surface area contributed by atoms with E-state index in [0.29, 0.717) is 0 Å². The van der Waals surface area contributed by atoms with E-state index in [0.717, 1.165) is 0 Å². The lowest BCUT2D eigenvalue weighted by molar-refractivity contribution is -0.384. The first-order chi connectivity index (χ1) is 8.63. The number of aliphatic hydroxyl groups is 1. The smallest absolute Gasteiger partial charge is 0.269 e. The van der Waals surface area contributed by atoms with Crippen molar-refractivity contribution >= 4 is 27.1 Å². The number of benzene rings is 1. The predicted octanol–water partition coefficient (Wildman–Crippen LogP) is 2.02. The van der Waals surface area contributed by atoms with Gasteiger partial charge < -0.3 is 5.11 Å². The zero-order chi connectivity index (χ0) is 14.8. The van der Waals surface area contributed by atoms with Crippen LogP contribution in [0.4, 0.5) is 5.69 Å². The molecule has 1 N–H and O–H groups in total. The van der Waals surface area contributed by atoms with Gasteiger partial charge in [0.05, 0.1) is 4.92 Å². The molecule has 1 rings (SSSR count). The molecule has 6 nitrogen and oxygen atoms in total. The lowest BCUT2D eigenvalue weighted by Crippen LogP contribution is -2.37. The highest BCUT2D eigenvalue weighted by atomic mass is 35.5. The van der Waals surface area contributed by atoms with Crippen molar-refractivity contribution in [2.24, 2.45) is 0 Å². The Hall–Kier alpha value is -1.18. The molecule has 0 fully saturated rings. The van der Waals surface area contributed by atoms with Gasteiger partial charge in [-0.2, -0.15) is 0 Å². The van der Waals surface area contributed by atoms with E-state index in [2.05, 4.69) is 0 Å². The van der Waals surface area contributed by atoms with Crippen molar-refractivity contribution in [3.05, 3.63) is 39.9 Å². The van der Waals surface area contributed by atoms with Crippen LogP contribution in [-0.4, -0.2) is 28.4 Å². The fourth-order valence-electron chi connectivity index (χ4n) is 1.53. The van der Waals surface area contributed by atoms with Crippen molar-refractivity contribution in [1.29, 1.82) is 0 Å². The molecule has 0 aliphatic carbocycles. The molecule has 8 heteroatoms. The van der Waals surface area contributed by atoms with E-state index in [9.17, 15) is 23.6 Å². The van der Waals surface area contributed by atoms with E-state index < -0.39 is 25.1 Å². The summed E-state index contributed by atoms with van der Waals surface area (Å²) in [6.45, 7) is 2.64. The molecule has 0 aromatic heterocycles. The third kappa shape index (κ3) is 3.05. The molecular formula is C11H14ClNO5S. The number of non-ortho nitro benzene ring substituents is 1. The van der Waals surface area contributed by atoms with Gasteiger partial charge >= 0.3 is 0 Å². The van der Waals surface area contributed by atoms with E-state index in [1.54, 1.807) is 0 Å². The summed E-state index contributed by atoms with van der Waals surface area (Å²) in [6.07, 6.45) is -1.47. The number of hydrogen-bond acceptors (Lipinski definition) is 5. The molecule has 0 bridgehead atoms. The van der Waals surface area contributed by atoms with E-state index >= 15 is 0 Å². The highest BCUT2D eigenvalue weighted by molar-refractivity contribution is 7.94. The maximum absolute atomic E-state index is 11.8. The molecular weight excluding hydrogens is 294 g/mol. The van der Waals surface area contributed by atoms with Gasteiger partial charge in [0.25, 0.3) is 5.69 Å². The second kappa shape index (κ2) is 5.44. The Labute approximate surface area is 116 Å². The molecule has 1 aromatic carbocycles. The highest BCUT2D eigenvalue weighted by Crippen LogP contribution is 2.37. The number of halogens is 1. The second-order valence-electron chi connectivity index (χ2n) is 4.14. The Morgan fingerprint density at radius 3 is 2.26 bits per heavy atom. The van der Waals surface area contributed by atoms with Crippen molar-refractivity contribution in [2.45, 2.75) is 24.2 Å². The first-order valence-electron chi connectivity index (χ1n) is 5.47. The van der Waals surface area contributed by atoms with Crippen LogP contribution in [0.15, 0.2) is 24.3 Å². The summed E-state index contributed by atoms with van der Waals surface area (Å²) in [5.74, 6) is -0.211. The molecule has 0 aliphatic rings. The fourth-order valence-corrected chi connectivity index (χ4v) is 3.02. The molecule has 2 atom stereocenters. The van der Waals surface area contributed by atoms with Gasteiger partial charge in [-0.1, -0.05) is 18.5 Å². The monoisotopic (exact) mass is 307 g/mol. The molecule has 0 saturated heterocycles. The number of hydrogen-bond donors (Lipinski definition) is 1. The number of alkyl halides is 1. The number of nitro groups is 1. The SMILES string of the molecule is CCS(=O)(=O)[C@@](C)(Cl)[C@H](O)c1ccc([N+](=O)[O-])cc1. The Balaban J connectivity index is 3.13. The summed E-state index contributed by atoms with van der Waals surface area (Å²) in [6, 6.07) is 4.94. The normalized spacial score (nSPS) is 16.6. The number of rotatable bonds is 5. The van der Waals surface area contributed by atoms with E-state index in [-0.39, 0.29) is 17.0 Å². The van der Waals surface area contributed by atoms with Gasteiger partial charge in [0.15, 0.2) is 14.0 Å². The number of nitrogens with zero attached hydrogens (tertiary/aromatic N) is 1. The van der Waals surface area contributed by atoms with E-state index in [4.69, 9.17) is 11.6 Å². The lowest BCUT2D eigenvalue weighted by Gasteiger charge is -2.27. The zero-order valence-electron chi connectivity index (χ0n) is 10.4. The summed E-state index contributed by atoms with van der Waals surface area (Å²) < 4.78 is 21.7. The first-order valence-corrected chi connectivity index (χ1v) is 7.50. The van der Waals surface area contributed by atoms with Gasteiger partial charge in [0, 0.05) is 17.9 Å². The molecule has 0 amide bonds. The van der Waals surface area contributed by atoms with Crippen LogP contribution < -0.4 is 0 Å². The van der Waals surface area contributed by atoms with Crippen LogP contribution in [-0.2, 0) is 9.84 Å². The summed E-state index contributed by atoms with van der Waals surface area (Å²) in [5.41, 5.74) is 0.0608. The number of aliphatic hydroxyl groups excluding tert-OH is 1. The first kappa shape index (κ1) is 15.9. The van der Waals surface area contributed by atoms with E-state index in [1.165, 1.54) is 38.1 Å². The molecule has 0 saturated carbocycles. The minimum Gasteiger partial charge on any atom is -0.385 e. The summed E-state index contributed by atoms with van der Waals surface area (Å²) in [7, 11) is -3.69. The highest BCUT2D eigenvalue weighted by Gasteiger charge is 2.43. The van der Waals surface area contributed by atoms with Crippen LogP contribution in [0.5, 0.6) is 0 Å². The second-order valence-corrected chi connectivity index (χ2v) is 7.80. The minimum absolute atomic E-state index is 0.148.